The van der Waals surface area contributed by atoms with Crippen molar-refractivity contribution >= 4 is 26.3 Å². The van der Waals surface area contributed by atoms with Gasteiger partial charge in [-0.05, 0) is 49.6 Å². The van der Waals surface area contributed by atoms with Crippen LogP contribution in [0.4, 0.5) is 18.3 Å². The highest BCUT2D eigenvalue weighted by Crippen LogP contribution is 2.37. The number of alkyl halides is 3. The Morgan fingerprint density at radius 1 is 1.09 bits per heavy atom. The van der Waals surface area contributed by atoms with Crippen LogP contribution in [-0.4, -0.2) is 38.3 Å². The highest BCUT2D eigenvalue weighted by molar-refractivity contribution is 7.92. The number of rotatable bonds is 7. The Morgan fingerprint density at radius 3 is 2.41 bits per heavy atom. The van der Waals surface area contributed by atoms with Crippen molar-refractivity contribution in [3.8, 4) is 5.75 Å². The molecule has 3 aromatic rings. The molecule has 1 saturated heterocycles. The summed E-state index contributed by atoms with van der Waals surface area (Å²) in [5.41, 5.74) is 0.919. The van der Waals surface area contributed by atoms with E-state index in [9.17, 15) is 21.6 Å². The number of sulfone groups is 1. The van der Waals surface area contributed by atoms with Crippen molar-refractivity contribution < 1.29 is 26.3 Å². The number of aromatic nitrogens is 1. The minimum Gasteiger partial charge on any atom is -0.494 e. The monoisotopic (exact) mass is 510 g/mol. The van der Waals surface area contributed by atoms with Gasteiger partial charge in [-0.1, -0.05) is 24.3 Å². The van der Waals surface area contributed by atoms with Gasteiger partial charge in [0.05, 0.1) is 28.0 Å². The molecule has 1 fully saturated rings. The first-order valence-corrected chi connectivity index (χ1v) is 13.4. The molecule has 4 rings (SSSR count). The smallest absolute Gasteiger partial charge is 0.417 e. The first-order chi connectivity index (χ1) is 16.2. The summed E-state index contributed by atoms with van der Waals surface area (Å²) < 4.78 is 71.6. The molecule has 0 amide bonds. The number of halogens is 3. The lowest BCUT2D eigenvalue weighted by Crippen LogP contribution is -2.39. The third kappa shape index (κ3) is 5.38. The van der Waals surface area contributed by atoms with Crippen molar-refractivity contribution in [2.45, 2.75) is 42.5 Å². The highest BCUT2D eigenvalue weighted by atomic mass is 32.2. The average Bonchev–Trinajstić information content (AvgIpc) is 3.28. The van der Waals surface area contributed by atoms with Crippen LogP contribution in [0.25, 0.3) is 0 Å². The summed E-state index contributed by atoms with van der Waals surface area (Å²) in [5, 5.41) is 1.93. The first kappa shape index (κ1) is 24.5. The maximum absolute atomic E-state index is 13.4. The van der Waals surface area contributed by atoms with Gasteiger partial charge in [-0.2, -0.15) is 13.2 Å². The van der Waals surface area contributed by atoms with Gasteiger partial charge in [-0.25, -0.2) is 13.4 Å². The first-order valence-electron chi connectivity index (χ1n) is 11.0. The van der Waals surface area contributed by atoms with Gasteiger partial charge in [0.15, 0.2) is 15.0 Å². The predicted octanol–water partition coefficient (Wildman–Crippen LogP) is 5.59. The largest absolute Gasteiger partial charge is 0.494 e. The molecular formula is C24H25F3N2O3S2. The molecule has 0 spiro atoms. The number of benzene rings is 2. The quantitative estimate of drug-likeness (QED) is 0.415. The minimum atomic E-state index is -4.72. The van der Waals surface area contributed by atoms with Crippen LogP contribution in [-0.2, 0) is 22.4 Å². The van der Waals surface area contributed by atoms with Crippen LogP contribution in [0.15, 0.2) is 58.8 Å². The van der Waals surface area contributed by atoms with Gasteiger partial charge in [0.25, 0.3) is 0 Å². The molecule has 1 aliphatic rings. The van der Waals surface area contributed by atoms with E-state index < -0.39 is 31.7 Å². The lowest BCUT2D eigenvalue weighted by Gasteiger charge is -2.31. The molecular weight excluding hydrogens is 485 g/mol. The number of hydrogen-bond acceptors (Lipinski definition) is 6. The summed E-state index contributed by atoms with van der Waals surface area (Å²) in [6, 6.07) is 12.3. The Hall–Kier alpha value is -2.59. The Morgan fingerprint density at radius 2 is 1.76 bits per heavy atom. The third-order valence-corrected chi connectivity index (χ3v) is 9.08. The predicted molar refractivity (Wildman–Crippen MR) is 126 cm³/mol. The van der Waals surface area contributed by atoms with Gasteiger partial charge in [-0.3, -0.25) is 0 Å². The molecule has 2 aromatic carbocycles. The summed E-state index contributed by atoms with van der Waals surface area (Å²) in [5.74, 6) is 0.820. The second-order valence-electron chi connectivity index (χ2n) is 8.10. The Bertz CT molecular complexity index is 1220. The molecule has 182 valence electrons. The van der Waals surface area contributed by atoms with Gasteiger partial charge in [-0.15, -0.1) is 11.3 Å². The van der Waals surface area contributed by atoms with Crippen molar-refractivity contribution in [3.05, 3.63) is 70.7 Å². The molecule has 0 unspecified atom stereocenters. The number of thiazole rings is 1. The fraction of sp³-hybridized carbons (Fsp3) is 0.375. The molecule has 1 aromatic heterocycles. The van der Waals surface area contributed by atoms with Crippen molar-refractivity contribution in [3.63, 3.8) is 0 Å². The van der Waals surface area contributed by atoms with Crippen LogP contribution in [0.5, 0.6) is 5.75 Å². The summed E-state index contributed by atoms with van der Waals surface area (Å²) in [6.07, 6.45) is -3.54. The van der Waals surface area contributed by atoms with Crippen LogP contribution in [0.3, 0.4) is 0 Å². The topological polar surface area (TPSA) is 59.5 Å². The van der Waals surface area contributed by atoms with Gasteiger partial charge < -0.3 is 9.64 Å². The Labute approximate surface area is 201 Å². The lowest BCUT2D eigenvalue weighted by molar-refractivity contribution is -0.139. The molecule has 1 aliphatic heterocycles. The van der Waals surface area contributed by atoms with E-state index in [0.717, 1.165) is 34.3 Å². The van der Waals surface area contributed by atoms with Crippen LogP contribution < -0.4 is 9.64 Å². The molecule has 0 saturated carbocycles. The Kier molecular flexibility index (Phi) is 7.18. The van der Waals surface area contributed by atoms with Crippen molar-refractivity contribution in [2.75, 3.05) is 24.6 Å². The third-order valence-electron chi connectivity index (χ3n) is 5.81. The lowest BCUT2D eigenvalue weighted by atomic mass is 10.1. The SMILES string of the molecule is CCOc1ccc(Cc2csc(N3CCC(S(=O)(=O)c4ccccc4C(F)(F)F)CC3)n2)cc1. The maximum atomic E-state index is 13.4. The van der Waals surface area contributed by atoms with Gasteiger partial charge in [0, 0.05) is 24.9 Å². The van der Waals surface area contributed by atoms with Crippen LogP contribution >= 0.6 is 11.3 Å². The second-order valence-corrected chi connectivity index (χ2v) is 11.1. The zero-order chi connectivity index (χ0) is 24.3. The van der Waals surface area contributed by atoms with E-state index in [4.69, 9.17) is 9.72 Å². The van der Waals surface area contributed by atoms with E-state index in [1.54, 1.807) is 0 Å². The van der Waals surface area contributed by atoms with E-state index in [0.29, 0.717) is 26.1 Å². The van der Waals surface area contributed by atoms with Crippen LogP contribution in [0, 0.1) is 0 Å². The standard InChI is InChI=1S/C24H25F3N2O3S2/c1-2-32-19-9-7-17(8-10-19)15-18-16-33-23(28-18)29-13-11-20(12-14-29)34(30,31)22-6-4-3-5-21(22)24(25,26)27/h3-10,16,20H,2,11-15H2,1H3. The normalized spacial score (nSPS) is 15.5. The fourth-order valence-electron chi connectivity index (χ4n) is 4.09. The molecule has 5 nitrogen and oxygen atoms in total. The van der Waals surface area contributed by atoms with Crippen LogP contribution in [0.2, 0.25) is 0 Å². The number of piperidine rings is 1. The zero-order valence-electron chi connectivity index (χ0n) is 18.6. The van der Waals surface area contributed by atoms with E-state index in [2.05, 4.69) is 0 Å². The second kappa shape index (κ2) is 9.95. The van der Waals surface area contributed by atoms with E-state index in [1.165, 1.54) is 23.5 Å². The molecule has 34 heavy (non-hydrogen) atoms. The molecule has 10 heteroatoms. The molecule has 0 atom stereocenters. The zero-order valence-corrected chi connectivity index (χ0v) is 20.2. The summed E-state index contributed by atoms with van der Waals surface area (Å²) in [4.78, 5) is 6.07. The fourth-order valence-corrected chi connectivity index (χ4v) is 6.92. The van der Waals surface area contributed by atoms with Gasteiger partial charge in [0.2, 0.25) is 0 Å². The number of nitrogens with zero attached hydrogens (tertiary/aromatic N) is 2. The molecule has 2 heterocycles. The highest BCUT2D eigenvalue weighted by Gasteiger charge is 2.40. The summed E-state index contributed by atoms with van der Waals surface area (Å²) >= 11 is 1.49. The molecule has 0 N–H and O–H groups in total. The average molecular weight is 511 g/mol. The van der Waals surface area contributed by atoms with E-state index in [1.807, 2.05) is 41.5 Å². The van der Waals surface area contributed by atoms with E-state index in [-0.39, 0.29) is 12.8 Å². The number of hydrogen-bond donors (Lipinski definition) is 0. The maximum Gasteiger partial charge on any atom is 0.417 e. The summed E-state index contributed by atoms with van der Waals surface area (Å²) in [7, 11) is -4.10. The van der Waals surface area contributed by atoms with Gasteiger partial charge >= 0.3 is 6.18 Å². The molecule has 0 bridgehead atoms. The Balaban J connectivity index is 1.40. The molecule has 0 aliphatic carbocycles. The van der Waals surface area contributed by atoms with Crippen molar-refractivity contribution in [1.29, 1.82) is 0 Å². The van der Waals surface area contributed by atoms with Crippen LogP contribution in [0.1, 0.15) is 36.6 Å². The van der Waals surface area contributed by atoms with Crippen molar-refractivity contribution in [1.82, 2.24) is 4.98 Å². The van der Waals surface area contributed by atoms with E-state index >= 15 is 0 Å². The van der Waals surface area contributed by atoms with Gasteiger partial charge in [0.1, 0.15) is 5.75 Å². The van der Waals surface area contributed by atoms with Crippen molar-refractivity contribution in [2.24, 2.45) is 0 Å². The minimum absolute atomic E-state index is 0.252. The summed E-state index contributed by atoms with van der Waals surface area (Å²) in [6.45, 7) is 3.40. The molecule has 0 radical (unpaired) electrons. The number of ether oxygens (including phenoxy) is 1. The number of anilines is 1.